The summed E-state index contributed by atoms with van der Waals surface area (Å²) in [6.07, 6.45) is 0.812. The lowest BCUT2D eigenvalue weighted by atomic mass is 10.0. The molecule has 0 aliphatic carbocycles. The lowest BCUT2D eigenvalue weighted by Crippen LogP contribution is -2.18. The van der Waals surface area contributed by atoms with Crippen LogP contribution in [0.25, 0.3) is 11.0 Å². The van der Waals surface area contributed by atoms with Crippen LogP contribution in [0, 0.1) is 5.82 Å². The molecule has 2 nitrogen and oxygen atoms in total. The quantitative estimate of drug-likeness (QED) is 0.730. The first-order chi connectivity index (χ1) is 10.2. The number of furan rings is 1. The number of hydrogen-bond acceptors (Lipinski definition) is 2. The van der Waals surface area contributed by atoms with Gasteiger partial charge in [-0.3, -0.25) is 0 Å². The highest BCUT2D eigenvalue weighted by atomic mass is 79.9. The Hall–Kier alpha value is -1.65. The van der Waals surface area contributed by atoms with Crippen LogP contribution >= 0.6 is 15.9 Å². The molecule has 1 aromatic heterocycles. The molecule has 21 heavy (non-hydrogen) atoms. The summed E-state index contributed by atoms with van der Waals surface area (Å²) in [6.45, 7) is 0. The second-order valence-electron chi connectivity index (χ2n) is 5.00. The van der Waals surface area contributed by atoms with Gasteiger partial charge in [0, 0.05) is 9.86 Å². The van der Waals surface area contributed by atoms with Gasteiger partial charge < -0.3 is 9.73 Å². The fourth-order valence-corrected chi connectivity index (χ4v) is 2.67. The van der Waals surface area contributed by atoms with E-state index in [1.54, 1.807) is 6.07 Å². The Kier molecular flexibility index (Phi) is 4.08. The Morgan fingerprint density at radius 2 is 1.90 bits per heavy atom. The summed E-state index contributed by atoms with van der Waals surface area (Å²) in [5.41, 5.74) is 1.92. The van der Waals surface area contributed by atoms with Crippen LogP contribution < -0.4 is 5.32 Å². The van der Waals surface area contributed by atoms with Crippen molar-refractivity contribution in [3.05, 3.63) is 70.1 Å². The fraction of sp³-hybridized carbons (Fsp3) is 0.176. The van der Waals surface area contributed by atoms with Crippen LogP contribution in [0.4, 0.5) is 4.39 Å². The van der Waals surface area contributed by atoms with Crippen LogP contribution in [0.1, 0.15) is 17.4 Å². The van der Waals surface area contributed by atoms with Crippen molar-refractivity contribution in [1.82, 2.24) is 5.32 Å². The molecule has 0 amide bonds. The summed E-state index contributed by atoms with van der Waals surface area (Å²) >= 11 is 3.43. The molecule has 0 spiro atoms. The van der Waals surface area contributed by atoms with Gasteiger partial charge in [-0.25, -0.2) is 4.39 Å². The minimum Gasteiger partial charge on any atom is -0.459 e. The maximum atomic E-state index is 13.3. The molecule has 1 atom stereocenters. The second kappa shape index (κ2) is 6.00. The van der Waals surface area contributed by atoms with Gasteiger partial charge in [-0.05, 0) is 55.4 Å². The van der Waals surface area contributed by atoms with Gasteiger partial charge in [0.2, 0.25) is 0 Å². The summed E-state index contributed by atoms with van der Waals surface area (Å²) in [5, 5.41) is 4.05. The molecule has 4 heteroatoms. The van der Waals surface area contributed by atoms with Gasteiger partial charge in [0.05, 0.1) is 6.04 Å². The van der Waals surface area contributed by atoms with Crippen molar-refractivity contribution in [2.45, 2.75) is 12.5 Å². The van der Waals surface area contributed by atoms with E-state index in [1.165, 1.54) is 17.7 Å². The Labute approximate surface area is 131 Å². The number of hydrogen-bond donors (Lipinski definition) is 1. The minimum absolute atomic E-state index is 0.0571. The monoisotopic (exact) mass is 347 g/mol. The first kappa shape index (κ1) is 14.3. The van der Waals surface area contributed by atoms with Gasteiger partial charge in [-0.15, -0.1) is 0 Å². The summed E-state index contributed by atoms with van der Waals surface area (Å²) in [6, 6.07) is 14.7. The molecule has 108 valence electrons. The molecule has 3 rings (SSSR count). The van der Waals surface area contributed by atoms with Crippen molar-refractivity contribution in [3.63, 3.8) is 0 Å². The van der Waals surface area contributed by atoms with Crippen LogP contribution in [-0.4, -0.2) is 7.05 Å². The van der Waals surface area contributed by atoms with Crippen LogP contribution in [0.15, 0.2) is 57.4 Å². The van der Waals surface area contributed by atoms with E-state index in [0.717, 1.165) is 22.0 Å². The molecule has 3 aromatic rings. The van der Waals surface area contributed by atoms with Gasteiger partial charge in [-0.1, -0.05) is 28.1 Å². The molecule has 0 saturated heterocycles. The summed E-state index contributed by atoms with van der Waals surface area (Å²) in [7, 11) is 1.90. The Morgan fingerprint density at radius 1 is 1.14 bits per heavy atom. The largest absolute Gasteiger partial charge is 0.459 e. The van der Waals surface area contributed by atoms with Crippen molar-refractivity contribution < 1.29 is 8.81 Å². The molecule has 2 aromatic carbocycles. The second-order valence-corrected chi connectivity index (χ2v) is 5.92. The third kappa shape index (κ3) is 3.17. The first-order valence-electron chi connectivity index (χ1n) is 6.76. The van der Waals surface area contributed by atoms with E-state index in [9.17, 15) is 4.39 Å². The predicted octanol–water partition coefficient (Wildman–Crippen LogP) is 4.84. The van der Waals surface area contributed by atoms with Gasteiger partial charge in [0.25, 0.3) is 0 Å². The third-order valence-corrected chi connectivity index (χ3v) is 4.07. The highest BCUT2D eigenvalue weighted by molar-refractivity contribution is 9.10. The number of likely N-dealkylation sites (N-methyl/N-ethyl adjacent to an activating group) is 1. The van der Waals surface area contributed by atoms with Crippen LogP contribution in [0.2, 0.25) is 0 Å². The number of benzene rings is 2. The van der Waals surface area contributed by atoms with Gasteiger partial charge in [-0.2, -0.15) is 0 Å². The van der Waals surface area contributed by atoms with E-state index in [1.807, 2.05) is 25.2 Å². The Balaban J connectivity index is 1.88. The van der Waals surface area contributed by atoms with E-state index in [-0.39, 0.29) is 11.9 Å². The first-order valence-corrected chi connectivity index (χ1v) is 7.56. The van der Waals surface area contributed by atoms with Gasteiger partial charge in [0.1, 0.15) is 17.2 Å². The molecule has 1 N–H and O–H groups in total. The summed E-state index contributed by atoms with van der Waals surface area (Å²) in [5.74, 6) is 0.574. The molecule has 0 aliphatic rings. The average molecular weight is 348 g/mol. The van der Waals surface area contributed by atoms with Crippen molar-refractivity contribution in [2.24, 2.45) is 0 Å². The smallest absolute Gasteiger partial charge is 0.134 e. The molecule has 0 radical (unpaired) electrons. The van der Waals surface area contributed by atoms with E-state index in [4.69, 9.17) is 4.42 Å². The molecule has 1 unspecified atom stereocenters. The third-order valence-electron chi connectivity index (χ3n) is 3.54. The normalized spacial score (nSPS) is 12.7. The number of nitrogens with one attached hydrogen (secondary N) is 1. The molecule has 0 saturated carbocycles. The topological polar surface area (TPSA) is 25.2 Å². The zero-order chi connectivity index (χ0) is 14.8. The fourth-order valence-electron chi connectivity index (χ4n) is 2.41. The zero-order valence-corrected chi connectivity index (χ0v) is 13.2. The minimum atomic E-state index is -0.247. The number of rotatable bonds is 4. The van der Waals surface area contributed by atoms with Crippen LogP contribution in [0.5, 0.6) is 0 Å². The lowest BCUT2D eigenvalue weighted by molar-refractivity contribution is 0.451. The van der Waals surface area contributed by atoms with E-state index >= 15 is 0 Å². The SMILES string of the molecule is CNC(Cc1ccc(Br)cc1)c1cc2cc(F)ccc2o1. The number of halogens is 2. The van der Waals surface area contributed by atoms with Crippen molar-refractivity contribution in [3.8, 4) is 0 Å². The molecule has 1 heterocycles. The van der Waals surface area contributed by atoms with Crippen molar-refractivity contribution in [2.75, 3.05) is 7.05 Å². The lowest BCUT2D eigenvalue weighted by Gasteiger charge is -2.13. The molecule has 0 aliphatic heterocycles. The highest BCUT2D eigenvalue weighted by Crippen LogP contribution is 2.27. The van der Waals surface area contributed by atoms with Gasteiger partial charge >= 0.3 is 0 Å². The Morgan fingerprint density at radius 3 is 2.62 bits per heavy atom. The summed E-state index contributed by atoms with van der Waals surface area (Å²) < 4.78 is 20.1. The van der Waals surface area contributed by atoms with Crippen molar-refractivity contribution >= 4 is 26.9 Å². The molecular formula is C17H15BrFNO. The molecule has 0 fully saturated rings. The maximum absolute atomic E-state index is 13.3. The number of fused-ring (bicyclic) bond motifs is 1. The van der Waals surface area contributed by atoms with Crippen LogP contribution in [-0.2, 0) is 6.42 Å². The standard InChI is InChI=1S/C17H15BrFNO/c1-20-15(8-11-2-4-13(18)5-3-11)17-10-12-9-14(19)6-7-16(12)21-17/h2-7,9-10,15,20H,8H2,1H3. The highest BCUT2D eigenvalue weighted by Gasteiger charge is 2.15. The maximum Gasteiger partial charge on any atom is 0.134 e. The van der Waals surface area contributed by atoms with Crippen LogP contribution in [0.3, 0.4) is 0 Å². The van der Waals surface area contributed by atoms with E-state index in [2.05, 4.69) is 33.4 Å². The molecule has 0 bridgehead atoms. The molecular weight excluding hydrogens is 333 g/mol. The van der Waals surface area contributed by atoms with Gasteiger partial charge in [0.15, 0.2) is 0 Å². The summed E-state index contributed by atoms with van der Waals surface area (Å²) in [4.78, 5) is 0. The van der Waals surface area contributed by atoms with Crippen molar-refractivity contribution in [1.29, 1.82) is 0 Å². The van der Waals surface area contributed by atoms with E-state index in [0.29, 0.717) is 5.58 Å². The zero-order valence-electron chi connectivity index (χ0n) is 11.6. The van der Waals surface area contributed by atoms with E-state index < -0.39 is 0 Å². The predicted molar refractivity (Wildman–Crippen MR) is 85.8 cm³/mol. The average Bonchev–Trinajstić information content (AvgIpc) is 2.89. The Bertz CT molecular complexity index is 751.